The van der Waals surface area contributed by atoms with Crippen LogP contribution in [0.15, 0.2) is 47.3 Å². The molecule has 128 valence electrons. The average Bonchev–Trinajstić information content (AvgIpc) is 2.62. The maximum Gasteiger partial charge on any atom is 0.259 e. The van der Waals surface area contributed by atoms with Crippen molar-refractivity contribution in [3.05, 3.63) is 74.5 Å². The predicted molar refractivity (Wildman–Crippen MR) is 100 cm³/mol. The Kier molecular flexibility index (Phi) is 4.64. The van der Waals surface area contributed by atoms with Crippen molar-refractivity contribution in [2.45, 2.75) is 19.8 Å². The molecule has 0 fully saturated rings. The summed E-state index contributed by atoms with van der Waals surface area (Å²) < 4.78 is 5.14. The van der Waals surface area contributed by atoms with Gasteiger partial charge in [0.2, 0.25) is 0 Å². The van der Waals surface area contributed by atoms with E-state index in [1.807, 2.05) is 12.1 Å². The summed E-state index contributed by atoms with van der Waals surface area (Å²) in [5.41, 5.74) is 1.94. The second kappa shape index (κ2) is 6.73. The summed E-state index contributed by atoms with van der Waals surface area (Å²) in [5, 5.41) is 1.33. The molecule has 3 rings (SSSR count). The van der Waals surface area contributed by atoms with Crippen molar-refractivity contribution in [1.29, 1.82) is 0 Å². The molecule has 1 atom stereocenters. The Hall–Kier alpha value is -2.59. The van der Waals surface area contributed by atoms with Gasteiger partial charge in [-0.1, -0.05) is 30.7 Å². The second-order valence-corrected chi connectivity index (χ2v) is 6.44. The third kappa shape index (κ3) is 3.17. The van der Waals surface area contributed by atoms with Crippen molar-refractivity contribution in [3.63, 3.8) is 0 Å². The van der Waals surface area contributed by atoms with Gasteiger partial charge in [-0.2, -0.15) is 0 Å². The topological polar surface area (TPSA) is 59.2 Å². The van der Waals surface area contributed by atoms with E-state index in [1.54, 1.807) is 51.3 Å². The summed E-state index contributed by atoms with van der Waals surface area (Å²) in [4.78, 5) is 28.2. The molecule has 0 amide bonds. The fraction of sp³-hybridized carbons (Fsp3) is 0.200. The predicted octanol–water partition coefficient (Wildman–Crippen LogP) is 4.48. The van der Waals surface area contributed by atoms with E-state index in [2.05, 4.69) is 4.98 Å². The summed E-state index contributed by atoms with van der Waals surface area (Å²) in [5.74, 6) is 0.0610. The maximum absolute atomic E-state index is 13.0. The van der Waals surface area contributed by atoms with E-state index >= 15 is 0 Å². The highest BCUT2D eigenvalue weighted by molar-refractivity contribution is 6.31. The number of aryl methyl sites for hydroxylation is 1. The molecule has 1 aromatic heterocycles. The van der Waals surface area contributed by atoms with Gasteiger partial charge in [0.15, 0.2) is 5.78 Å². The number of nitrogens with one attached hydrogen (secondary N) is 1. The number of hydrogen-bond acceptors (Lipinski definition) is 3. The maximum atomic E-state index is 13.0. The monoisotopic (exact) mass is 355 g/mol. The second-order valence-electron chi connectivity index (χ2n) is 6.00. The van der Waals surface area contributed by atoms with Crippen LogP contribution in [0.2, 0.25) is 5.02 Å². The molecule has 2 aromatic carbocycles. The first-order valence-electron chi connectivity index (χ1n) is 7.92. The van der Waals surface area contributed by atoms with Crippen LogP contribution in [-0.2, 0) is 0 Å². The van der Waals surface area contributed by atoms with Crippen LogP contribution in [0.3, 0.4) is 0 Å². The largest absolute Gasteiger partial charge is 0.497 e. The Labute approximate surface area is 150 Å². The van der Waals surface area contributed by atoms with E-state index < -0.39 is 5.92 Å². The molecule has 25 heavy (non-hydrogen) atoms. The van der Waals surface area contributed by atoms with Gasteiger partial charge in [0, 0.05) is 21.8 Å². The van der Waals surface area contributed by atoms with Crippen LogP contribution in [0, 0.1) is 6.92 Å². The van der Waals surface area contributed by atoms with Gasteiger partial charge in [-0.15, -0.1) is 0 Å². The average molecular weight is 356 g/mol. The van der Waals surface area contributed by atoms with E-state index in [4.69, 9.17) is 16.3 Å². The van der Waals surface area contributed by atoms with Crippen molar-refractivity contribution in [3.8, 4) is 5.75 Å². The van der Waals surface area contributed by atoms with Crippen molar-refractivity contribution in [2.75, 3.05) is 7.11 Å². The van der Waals surface area contributed by atoms with Crippen molar-refractivity contribution < 1.29 is 9.53 Å². The number of fused-ring (bicyclic) bond motifs is 1. The third-order valence-corrected chi connectivity index (χ3v) is 4.73. The Balaban J connectivity index is 2.08. The molecule has 1 heterocycles. The molecule has 3 aromatic rings. The number of H-pyrrole nitrogens is 1. The van der Waals surface area contributed by atoms with Crippen LogP contribution in [0.5, 0.6) is 5.75 Å². The van der Waals surface area contributed by atoms with Crippen LogP contribution in [0.4, 0.5) is 0 Å². The fourth-order valence-corrected chi connectivity index (χ4v) is 3.15. The molecular formula is C20H18ClNO3. The number of halogens is 1. The molecule has 1 unspecified atom stereocenters. The minimum Gasteiger partial charge on any atom is -0.497 e. The Morgan fingerprint density at radius 1 is 1.16 bits per heavy atom. The van der Waals surface area contributed by atoms with Crippen LogP contribution in [0.25, 0.3) is 10.9 Å². The minimum atomic E-state index is -0.442. The van der Waals surface area contributed by atoms with Gasteiger partial charge in [0.05, 0.1) is 12.7 Å². The Morgan fingerprint density at radius 3 is 2.48 bits per heavy atom. The minimum absolute atomic E-state index is 0.179. The summed E-state index contributed by atoms with van der Waals surface area (Å²) in [6.45, 7) is 3.58. The molecule has 0 radical (unpaired) electrons. The van der Waals surface area contributed by atoms with Crippen molar-refractivity contribution in [1.82, 2.24) is 4.98 Å². The molecule has 0 aliphatic heterocycles. The molecule has 4 nitrogen and oxygen atoms in total. The van der Waals surface area contributed by atoms with Crippen LogP contribution < -0.4 is 10.3 Å². The molecular weight excluding hydrogens is 338 g/mol. The summed E-state index contributed by atoms with van der Waals surface area (Å²) in [7, 11) is 1.59. The van der Waals surface area contributed by atoms with E-state index in [-0.39, 0.29) is 16.9 Å². The third-order valence-electron chi connectivity index (χ3n) is 4.49. The fourth-order valence-electron chi connectivity index (χ4n) is 2.98. The molecule has 0 spiro atoms. The Morgan fingerprint density at radius 2 is 1.84 bits per heavy atom. The van der Waals surface area contributed by atoms with Crippen LogP contribution in [-0.4, -0.2) is 17.9 Å². The number of benzene rings is 2. The van der Waals surface area contributed by atoms with E-state index in [1.165, 1.54) is 0 Å². The first-order valence-corrected chi connectivity index (χ1v) is 8.30. The highest BCUT2D eigenvalue weighted by Gasteiger charge is 2.23. The molecule has 0 saturated carbocycles. The van der Waals surface area contributed by atoms with Gasteiger partial charge in [-0.25, -0.2) is 0 Å². The van der Waals surface area contributed by atoms with Gasteiger partial charge in [-0.05, 0) is 48.4 Å². The van der Waals surface area contributed by atoms with Gasteiger partial charge in [-0.3, -0.25) is 9.59 Å². The Bertz CT molecular complexity index is 1010. The van der Waals surface area contributed by atoms with Gasteiger partial charge >= 0.3 is 0 Å². The molecule has 0 aliphatic carbocycles. The normalized spacial score (nSPS) is 12.2. The van der Waals surface area contributed by atoms with Gasteiger partial charge in [0.25, 0.3) is 5.56 Å². The lowest BCUT2D eigenvalue weighted by Crippen LogP contribution is -2.23. The standard InChI is InChI=1S/C20H18ClNO3/c1-11(13-4-7-15(25-3)8-5-13)19(23)18-12(2)16-10-14(21)6-9-17(16)22-20(18)24/h4-11H,1-3H3,(H,22,24). The van der Waals surface area contributed by atoms with Gasteiger partial charge < -0.3 is 9.72 Å². The van der Waals surface area contributed by atoms with Crippen molar-refractivity contribution in [2.24, 2.45) is 0 Å². The number of methoxy groups -OCH3 is 1. The molecule has 1 N–H and O–H groups in total. The summed E-state index contributed by atoms with van der Waals surface area (Å²) in [6.07, 6.45) is 0. The SMILES string of the molecule is COc1ccc(C(C)C(=O)c2c(C)c3cc(Cl)ccc3[nH]c2=O)cc1. The van der Waals surface area contributed by atoms with E-state index in [9.17, 15) is 9.59 Å². The zero-order valence-electron chi connectivity index (χ0n) is 14.2. The number of ether oxygens (including phenoxy) is 1. The number of rotatable bonds is 4. The molecule has 0 bridgehead atoms. The number of aromatic nitrogens is 1. The van der Waals surface area contributed by atoms with Crippen molar-refractivity contribution >= 4 is 28.3 Å². The zero-order valence-corrected chi connectivity index (χ0v) is 15.0. The molecule has 5 heteroatoms. The zero-order chi connectivity index (χ0) is 18.1. The number of carbonyl (C=O) groups is 1. The molecule has 0 aliphatic rings. The first kappa shape index (κ1) is 17.2. The highest BCUT2D eigenvalue weighted by atomic mass is 35.5. The van der Waals surface area contributed by atoms with Gasteiger partial charge in [0.1, 0.15) is 5.75 Å². The lowest BCUT2D eigenvalue weighted by atomic mass is 9.90. The molecule has 0 saturated heterocycles. The number of ketones is 1. The van der Waals surface area contributed by atoms with Crippen LogP contribution in [0.1, 0.15) is 34.3 Å². The number of carbonyl (C=O) groups excluding carboxylic acids is 1. The summed E-state index contributed by atoms with van der Waals surface area (Å²) >= 11 is 6.06. The quantitative estimate of drug-likeness (QED) is 0.702. The highest BCUT2D eigenvalue weighted by Crippen LogP contribution is 2.26. The smallest absolute Gasteiger partial charge is 0.259 e. The lowest BCUT2D eigenvalue weighted by molar-refractivity contribution is 0.0964. The van der Waals surface area contributed by atoms with E-state index in [0.717, 1.165) is 16.7 Å². The lowest BCUT2D eigenvalue weighted by Gasteiger charge is -2.14. The first-order chi connectivity index (χ1) is 11.9. The number of Topliss-reactive ketones (excluding diaryl/α,β-unsaturated/α-hetero) is 1. The number of aromatic amines is 1. The number of hydrogen-bond donors (Lipinski definition) is 1. The summed E-state index contributed by atoms with van der Waals surface area (Å²) in [6, 6.07) is 12.5. The van der Waals surface area contributed by atoms with E-state index in [0.29, 0.717) is 16.1 Å². The number of pyridine rings is 1. The van der Waals surface area contributed by atoms with Crippen LogP contribution >= 0.6 is 11.6 Å².